The molecule has 1 aromatic heterocycles. The van der Waals surface area contributed by atoms with Crippen LogP contribution < -0.4 is 20.1 Å². The third kappa shape index (κ3) is 5.00. The van der Waals surface area contributed by atoms with Gasteiger partial charge in [-0.15, -0.1) is 0 Å². The van der Waals surface area contributed by atoms with Crippen molar-refractivity contribution < 1.29 is 33.0 Å². The van der Waals surface area contributed by atoms with Gasteiger partial charge in [0.2, 0.25) is 0 Å². The molecule has 2 amide bonds. The number of nitrogens with one attached hydrogen (secondary N) is 2. The minimum absolute atomic E-state index is 0.00291. The van der Waals surface area contributed by atoms with E-state index in [1.807, 2.05) is 0 Å². The van der Waals surface area contributed by atoms with Crippen LogP contribution >= 0.6 is 0 Å². The highest BCUT2D eigenvalue weighted by atomic mass is 16.5. The van der Waals surface area contributed by atoms with Crippen LogP contribution in [-0.4, -0.2) is 45.2 Å². The number of likely N-dealkylation sites (N-methyl/N-ethyl adjacent to an activating group) is 1. The van der Waals surface area contributed by atoms with Crippen LogP contribution in [0.2, 0.25) is 0 Å². The molecule has 144 valence electrons. The Morgan fingerprint density at radius 2 is 1.81 bits per heavy atom. The van der Waals surface area contributed by atoms with E-state index < -0.39 is 24.4 Å². The lowest BCUT2D eigenvalue weighted by molar-refractivity contribution is -0.124. The first-order chi connectivity index (χ1) is 13.0. The second-order valence-corrected chi connectivity index (χ2v) is 5.21. The zero-order valence-electron chi connectivity index (χ0n) is 15.2. The van der Waals surface area contributed by atoms with Gasteiger partial charge in [0.25, 0.3) is 11.8 Å². The van der Waals surface area contributed by atoms with Crippen molar-refractivity contribution in [3.8, 4) is 11.5 Å². The molecule has 0 aliphatic carbocycles. The van der Waals surface area contributed by atoms with E-state index in [0.717, 1.165) is 0 Å². The third-order valence-electron chi connectivity index (χ3n) is 3.45. The molecule has 27 heavy (non-hydrogen) atoms. The number of hydrogen-bond acceptors (Lipinski definition) is 7. The Bertz CT molecular complexity index is 815. The van der Waals surface area contributed by atoms with Crippen LogP contribution in [0, 0.1) is 0 Å². The van der Waals surface area contributed by atoms with Crippen molar-refractivity contribution in [2.45, 2.75) is 6.92 Å². The van der Waals surface area contributed by atoms with Gasteiger partial charge in [-0.1, -0.05) is 0 Å². The Morgan fingerprint density at radius 1 is 1.11 bits per heavy atom. The summed E-state index contributed by atoms with van der Waals surface area (Å²) >= 11 is 0. The van der Waals surface area contributed by atoms with Crippen molar-refractivity contribution in [2.75, 3.05) is 32.7 Å². The molecule has 9 heteroatoms. The maximum Gasteiger partial charge on any atom is 0.340 e. The van der Waals surface area contributed by atoms with Crippen LogP contribution in [-0.2, 0) is 9.53 Å². The van der Waals surface area contributed by atoms with Crippen LogP contribution in [0.3, 0.4) is 0 Å². The molecule has 9 nitrogen and oxygen atoms in total. The summed E-state index contributed by atoms with van der Waals surface area (Å²) in [7, 11) is 2.83. The van der Waals surface area contributed by atoms with Crippen LogP contribution in [0.15, 0.2) is 34.9 Å². The Kier molecular flexibility index (Phi) is 6.81. The number of ether oxygens (including phenoxy) is 3. The summed E-state index contributed by atoms with van der Waals surface area (Å²) in [6, 6.07) is 5.81. The Balaban J connectivity index is 2.30. The van der Waals surface area contributed by atoms with Gasteiger partial charge in [-0.05, 0) is 19.1 Å². The molecule has 0 saturated carbocycles. The number of hydrogen-bond donors (Lipinski definition) is 2. The minimum Gasteiger partial charge on any atom is -0.493 e. The summed E-state index contributed by atoms with van der Waals surface area (Å²) in [4.78, 5) is 36.2. The largest absolute Gasteiger partial charge is 0.493 e. The number of anilines is 1. The second kappa shape index (κ2) is 9.27. The molecule has 2 aromatic rings. The number of methoxy groups -OCH3 is 2. The first-order valence-corrected chi connectivity index (χ1v) is 8.04. The highest BCUT2D eigenvalue weighted by molar-refractivity contribution is 6.07. The SMILES string of the molecule is CCNC(=O)COC(=O)c1cc(OC)c(OC)cc1NC(=O)c1ccco1. The number of amides is 2. The van der Waals surface area contributed by atoms with Crippen molar-refractivity contribution >= 4 is 23.5 Å². The number of esters is 1. The summed E-state index contributed by atoms with van der Waals surface area (Å²) in [5.74, 6) is -1.19. The predicted octanol–water partition coefficient (Wildman–Crippen LogP) is 1.84. The molecule has 0 spiro atoms. The maximum absolute atomic E-state index is 12.4. The first-order valence-electron chi connectivity index (χ1n) is 8.04. The summed E-state index contributed by atoms with van der Waals surface area (Å²) in [6.45, 7) is 1.71. The first kappa shape index (κ1) is 19.8. The quantitative estimate of drug-likeness (QED) is 0.675. The predicted molar refractivity (Wildman–Crippen MR) is 95.2 cm³/mol. The van der Waals surface area contributed by atoms with Crippen molar-refractivity contribution in [3.05, 3.63) is 41.9 Å². The van der Waals surface area contributed by atoms with Gasteiger partial charge in [-0.2, -0.15) is 0 Å². The number of carbonyl (C=O) groups excluding carboxylic acids is 3. The van der Waals surface area contributed by atoms with Gasteiger partial charge in [0.05, 0.1) is 31.7 Å². The molecule has 2 N–H and O–H groups in total. The van der Waals surface area contributed by atoms with Crippen molar-refractivity contribution in [2.24, 2.45) is 0 Å². The molecule has 0 unspecified atom stereocenters. The fraction of sp³-hybridized carbons (Fsp3) is 0.278. The lowest BCUT2D eigenvalue weighted by atomic mass is 10.1. The topological polar surface area (TPSA) is 116 Å². The van der Waals surface area contributed by atoms with E-state index in [2.05, 4.69) is 10.6 Å². The van der Waals surface area contributed by atoms with Gasteiger partial charge < -0.3 is 29.3 Å². The highest BCUT2D eigenvalue weighted by Gasteiger charge is 2.21. The second-order valence-electron chi connectivity index (χ2n) is 5.21. The van der Waals surface area contributed by atoms with E-state index in [0.29, 0.717) is 12.3 Å². The summed E-state index contributed by atoms with van der Waals surface area (Å²) in [5.41, 5.74) is 0.117. The number of rotatable bonds is 8. The monoisotopic (exact) mass is 376 g/mol. The Morgan fingerprint density at radius 3 is 2.41 bits per heavy atom. The van der Waals surface area contributed by atoms with E-state index in [1.54, 1.807) is 13.0 Å². The molecular weight excluding hydrogens is 356 g/mol. The number of carbonyl (C=O) groups is 3. The maximum atomic E-state index is 12.4. The fourth-order valence-electron chi connectivity index (χ4n) is 2.20. The number of benzene rings is 1. The van der Waals surface area contributed by atoms with E-state index >= 15 is 0 Å². The summed E-state index contributed by atoms with van der Waals surface area (Å²) < 4.78 is 20.4. The van der Waals surface area contributed by atoms with E-state index in [9.17, 15) is 14.4 Å². The summed E-state index contributed by atoms with van der Waals surface area (Å²) in [5, 5.41) is 5.08. The van der Waals surface area contributed by atoms with Gasteiger partial charge in [-0.25, -0.2) is 4.79 Å². The average Bonchev–Trinajstić information content (AvgIpc) is 3.20. The molecular formula is C18H20N2O7. The van der Waals surface area contributed by atoms with Gasteiger partial charge >= 0.3 is 5.97 Å². The highest BCUT2D eigenvalue weighted by Crippen LogP contribution is 2.34. The van der Waals surface area contributed by atoms with Gasteiger partial charge in [0.1, 0.15) is 0 Å². The molecule has 1 aromatic carbocycles. The van der Waals surface area contributed by atoms with Gasteiger partial charge in [-0.3, -0.25) is 9.59 Å². The summed E-state index contributed by atoms with van der Waals surface area (Å²) in [6.07, 6.45) is 1.35. The third-order valence-corrected chi connectivity index (χ3v) is 3.45. The normalized spacial score (nSPS) is 10.0. The van der Waals surface area contributed by atoms with E-state index in [-0.39, 0.29) is 22.8 Å². The van der Waals surface area contributed by atoms with E-state index in [1.165, 1.54) is 38.7 Å². The molecule has 0 saturated heterocycles. The molecule has 0 atom stereocenters. The molecule has 0 aliphatic heterocycles. The molecule has 2 rings (SSSR count). The average molecular weight is 376 g/mol. The molecule has 0 radical (unpaired) electrons. The van der Waals surface area contributed by atoms with E-state index in [4.69, 9.17) is 18.6 Å². The minimum atomic E-state index is -0.808. The van der Waals surface area contributed by atoms with Crippen LogP contribution in [0.5, 0.6) is 11.5 Å². The Hall–Kier alpha value is -3.49. The van der Waals surface area contributed by atoms with Crippen molar-refractivity contribution in [3.63, 3.8) is 0 Å². The zero-order valence-corrected chi connectivity index (χ0v) is 15.2. The fourth-order valence-corrected chi connectivity index (χ4v) is 2.20. The van der Waals surface area contributed by atoms with Crippen molar-refractivity contribution in [1.29, 1.82) is 0 Å². The van der Waals surface area contributed by atoms with Crippen LogP contribution in [0.1, 0.15) is 27.8 Å². The molecule has 0 fully saturated rings. The molecule has 0 bridgehead atoms. The van der Waals surface area contributed by atoms with Crippen molar-refractivity contribution in [1.82, 2.24) is 5.32 Å². The lowest BCUT2D eigenvalue weighted by Gasteiger charge is -2.15. The van der Waals surface area contributed by atoms with Gasteiger partial charge in [0.15, 0.2) is 23.9 Å². The Labute approximate surface area is 155 Å². The molecule has 0 aliphatic rings. The lowest BCUT2D eigenvalue weighted by Crippen LogP contribution is -2.28. The molecule has 1 heterocycles. The van der Waals surface area contributed by atoms with Gasteiger partial charge in [0, 0.05) is 18.7 Å². The van der Waals surface area contributed by atoms with Crippen LogP contribution in [0.25, 0.3) is 0 Å². The smallest absolute Gasteiger partial charge is 0.340 e. The van der Waals surface area contributed by atoms with Crippen LogP contribution in [0.4, 0.5) is 5.69 Å². The standard InChI is InChI=1S/C18H20N2O7/c1-4-19-16(21)10-27-18(23)11-8-14(24-2)15(25-3)9-12(11)20-17(22)13-6-5-7-26-13/h5-9H,4,10H2,1-3H3,(H,19,21)(H,20,22). The number of furan rings is 1. The zero-order chi connectivity index (χ0) is 19.8.